The molecule has 40 heavy (non-hydrogen) atoms. The predicted octanol–water partition coefficient (Wildman–Crippen LogP) is 4.36. The number of methoxy groups -OCH3 is 2. The average molecular weight is 573 g/mol. The number of hydrogen-bond acceptors (Lipinski definition) is 8. The van der Waals surface area contributed by atoms with Crippen LogP contribution in [0.3, 0.4) is 0 Å². The highest BCUT2D eigenvalue weighted by Crippen LogP contribution is 2.36. The Morgan fingerprint density at radius 1 is 1.07 bits per heavy atom. The molecule has 2 aliphatic heterocycles. The van der Waals surface area contributed by atoms with E-state index in [-0.39, 0.29) is 29.1 Å². The Labute approximate surface area is 235 Å². The normalized spacial score (nSPS) is 17.3. The molecule has 0 spiro atoms. The Balaban J connectivity index is 1.38. The topological polar surface area (TPSA) is 120 Å². The van der Waals surface area contributed by atoms with Crippen LogP contribution in [0.1, 0.15) is 19.3 Å². The third-order valence-corrected chi connectivity index (χ3v) is 7.56. The number of likely N-dealkylation sites (tertiary alicyclic amines) is 1. The summed E-state index contributed by atoms with van der Waals surface area (Å²) in [6.45, 7) is 2.31. The number of anilines is 3. The molecule has 2 N–H and O–H groups in total. The van der Waals surface area contributed by atoms with E-state index in [1.807, 2.05) is 4.90 Å². The molecule has 3 heterocycles. The maximum atomic E-state index is 14.7. The molecule has 0 radical (unpaired) electrons. The summed E-state index contributed by atoms with van der Waals surface area (Å²) in [6, 6.07) is 7.52. The van der Waals surface area contributed by atoms with Crippen LogP contribution in [0.15, 0.2) is 30.3 Å². The highest BCUT2D eigenvalue weighted by atomic mass is 35.5. The van der Waals surface area contributed by atoms with E-state index in [0.29, 0.717) is 73.3 Å². The van der Waals surface area contributed by atoms with E-state index in [9.17, 15) is 19.1 Å². The van der Waals surface area contributed by atoms with Crippen LogP contribution in [-0.2, 0) is 4.79 Å². The first-order valence-electron chi connectivity index (χ1n) is 13.0. The largest absolute Gasteiger partial charge is 0.493 e. The summed E-state index contributed by atoms with van der Waals surface area (Å²) < 4.78 is 25.6. The van der Waals surface area contributed by atoms with Gasteiger partial charge in [-0.2, -0.15) is 4.98 Å². The summed E-state index contributed by atoms with van der Waals surface area (Å²) >= 11 is 5.93. The van der Waals surface area contributed by atoms with Crippen molar-refractivity contribution in [2.45, 2.75) is 25.3 Å². The summed E-state index contributed by atoms with van der Waals surface area (Å²) in [5, 5.41) is 13.3. The molecule has 13 heteroatoms. The highest BCUT2D eigenvalue weighted by molar-refractivity contribution is 6.30. The van der Waals surface area contributed by atoms with Crippen molar-refractivity contribution >= 4 is 52.0 Å². The first-order chi connectivity index (χ1) is 19.3. The molecule has 2 fully saturated rings. The Kier molecular flexibility index (Phi) is 7.97. The number of ether oxygens (including phenoxy) is 2. The molecule has 0 unspecified atom stereocenters. The number of halogens is 2. The van der Waals surface area contributed by atoms with Crippen LogP contribution in [0.5, 0.6) is 11.5 Å². The van der Waals surface area contributed by atoms with Gasteiger partial charge in [0.05, 0.1) is 25.4 Å². The number of aromatic nitrogens is 2. The second-order valence-corrected chi connectivity index (χ2v) is 10.1. The molecule has 3 aromatic rings. The maximum Gasteiger partial charge on any atom is 0.407 e. The zero-order chi connectivity index (χ0) is 28.4. The van der Waals surface area contributed by atoms with Crippen molar-refractivity contribution in [3.63, 3.8) is 0 Å². The molecule has 1 aromatic heterocycles. The van der Waals surface area contributed by atoms with E-state index in [1.165, 1.54) is 31.3 Å². The van der Waals surface area contributed by atoms with Crippen molar-refractivity contribution in [2.24, 2.45) is 0 Å². The Morgan fingerprint density at radius 2 is 1.80 bits per heavy atom. The summed E-state index contributed by atoms with van der Waals surface area (Å²) in [5.41, 5.74) is 0.760. The van der Waals surface area contributed by atoms with E-state index >= 15 is 0 Å². The smallest absolute Gasteiger partial charge is 0.407 e. The molecular formula is C27H30ClFN6O5. The number of nitrogens with one attached hydrogen (secondary N) is 1. The molecule has 2 amide bonds. The second-order valence-electron chi connectivity index (χ2n) is 9.69. The van der Waals surface area contributed by atoms with Crippen molar-refractivity contribution in [2.75, 3.05) is 57.2 Å². The van der Waals surface area contributed by atoms with Gasteiger partial charge in [-0.1, -0.05) is 11.6 Å². The lowest BCUT2D eigenvalue weighted by molar-refractivity contribution is -0.132. The third-order valence-electron chi connectivity index (χ3n) is 7.32. The van der Waals surface area contributed by atoms with E-state index in [1.54, 1.807) is 23.1 Å². The first-order valence-corrected chi connectivity index (χ1v) is 13.3. The number of piperazine rings is 1. The van der Waals surface area contributed by atoms with Crippen LogP contribution < -0.4 is 19.7 Å². The van der Waals surface area contributed by atoms with Gasteiger partial charge in [0.15, 0.2) is 11.5 Å². The van der Waals surface area contributed by atoms with Crippen LogP contribution in [-0.4, -0.2) is 89.9 Å². The number of amides is 2. The fourth-order valence-corrected chi connectivity index (χ4v) is 5.34. The average Bonchev–Trinajstić information content (AvgIpc) is 3.42. The van der Waals surface area contributed by atoms with Crippen molar-refractivity contribution in [3.05, 3.63) is 41.2 Å². The standard InChI is InChI=1S/C27H30ClFN6O5/c1-39-22-14-18-21(15-23(22)40-2)31-26(32-25(18)30-20-6-5-16(28)12-19(20)29)34-10-8-33(9-11-34)24(36)13-17-4-3-7-35(17)27(37)38/h5-6,12,14-15,17H,3-4,7-11,13H2,1-2H3,(H,37,38)(H,30,31,32)/t17-/m0/s1. The van der Waals surface area contributed by atoms with Crippen molar-refractivity contribution in [1.29, 1.82) is 0 Å². The fraction of sp³-hybridized carbons (Fsp3) is 0.407. The number of carbonyl (C=O) groups is 2. The Morgan fingerprint density at radius 3 is 2.48 bits per heavy atom. The number of benzene rings is 2. The van der Waals surface area contributed by atoms with Crippen LogP contribution in [0.2, 0.25) is 5.02 Å². The fourth-order valence-electron chi connectivity index (χ4n) is 5.18. The van der Waals surface area contributed by atoms with Gasteiger partial charge in [0.2, 0.25) is 11.9 Å². The highest BCUT2D eigenvalue weighted by Gasteiger charge is 2.32. The zero-order valence-corrected chi connectivity index (χ0v) is 22.9. The molecule has 212 valence electrons. The van der Waals surface area contributed by atoms with E-state index in [0.717, 1.165) is 6.42 Å². The molecule has 5 rings (SSSR count). The molecule has 0 saturated carbocycles. The number of rotatable bonds is 7. The molecular weight excluding hydrogens is 543 g/mol. The van der Waals surface area contributed by atoms with Gasteiger partial charge in [-0.05, 0) is 37.1 Å². The third kappa shape index (κ3) is 5.62. The van der Waals surface area contributed by atoms with Crippen molar-refractivity contribution in [1.82, 2.24) is 19.8 Å². The Bertz CT molecular complexity index is 1430. The second kappa shape index (κ2) is 11.6. The van der Waals surface area contributed by atoms with Gasteiger partial charge in [-0.15, -0.1) is 0 Å². The lowest BCUT2D eigenvalue weighted by Crippen LogP contribution is -2.50. The lowest BCUT2D eigenvalue weighted by Gasteiger charge is -2.36. The number of fused-ring (bicyclic) bond motifs is 1. The number of carboxylic acid groups (broad SMARTS) is 1. The molecule has 0 bridgehead atoms. The molecule has 11 nitrogen and oxygen atoms in total. The summed E-state index contributed by atoms with van der Waals surface area (Å²) in [7, 11) is 3.06. The molecule has 2 aromatic carbocycles. The quantitative estimate of drug-likeness (QED) is 0.425. The van der Waals surface area contributed by atoms with Crippen LogP contribution in [0.4, 0.5) is 26.6 Å². The first kappa shape index (κ1) is 27.5. The minimum Gasteiger partial charge on any atom is -0.493 e. The molecule has 2 aliphatic rings. The van der Waals surface area contributed by atoms with Gasteiger partial charge in [0, 0.05) is 61.7 Å². The number of carbonyl (C=O) groups excluding carboxylic acids is 1. The van der Waals surface area contributed by atoms with Crippen LogP contribution in [0.25, 0.3) is 10.9 Å². The Hall–Kier alpha value is -4.06. The van der Waals surface area contributed by atoms with Crippen molar-refractivity contribution in [3.8, 4) is 11.5 Å². The van der Waals surface area contributed by atoms with E-state index in [2.05, 4.69) is 5.32 Å². The van der Waals surface area contributed by atoms with Crippen molar-refractivity contribution < 1.29 is 28.6 Å². The van der Waals surface area contributed by atoms with Crippen LogP contribution in [0, 0.1) is 5.82 Å². The van der Waals surface area contributed by atoms with Gasteiger partial charge in [-0.25, -0.2) is 14.2 Å². The number of hydrogen-bond donors (Lipinski definition) is 2. The van der Waals surface area contributed by atoms with Crippen LogP contribution >= 0.6 is 11.6 Å². The van der Waals surface area contributed by atoms with Gasteiger partial charge in [0.25, 0.3) is 0 Å². The van der Waals surface area contributed by atoms with E-state index in [4.69, 9.17) is 31.0 Å². The minimum atomic E-state index is -0.981. The minimum absolute atomic E-state index is 0.0605. The van der Waals surface area contributed by atoms with Gasteiger partial charge in [0.1, 0.15) is 11.6 Å². The van der Waals surface area contributed by atoms with Gasteiger partial charge >= 0.3 is 6.09 Å². The van der Waals surface area contributed by atoms with Gasteiger partial charge < -0.3 is 34.6 Å². The predicted molar refractivity (Wildman–Crippen MR) is 148 cm³/mol. The lowest BCUT2D eigenvalue weighted by atomic mass is 10.1. The zero-order valence-electron chi connectivity index (χ0n) is 22.2. The monoisotopic (exact) mass is 572 g/mol. The van der Waals surface area contributed by atoms with E-state index < -0.39 is 11.9 Å². The number of nitrogens with zero attached hydrogens (tertiary/aromatic N) is 5. The molecule has 1 atom stereocenters. The summed E-state index contributed by atoms with van der Waals surface area (Å²) in [5.74, 6) is 1.15. The summed E-state index contributed by atoms with van der Waals surface area (Å²) in [4.78, 5) is 39.0. The SMILES string of the molecule is COc1cc2nc(N3CCN(C(=O)C[C@@H]4CCCN4C(=O)O)CC3)nc(Nc3ccc(Cl)cc3F)c2cc1OC. The summed E-state index contributed by atoms with van der Waals surface area (Å²) in [6.07, 6.45) is 0.665. The maximum absolute atomic E-state index is 14.7. The van der Waals surface area contributed by atoms with Gasteiger partial charge in [-0.3, -0.25) is 4.79 Å². The molecule has 2 saturated heterocycles. The molecule has 0 aliphatic carbocycles.